The zero-order valence-corrected chi connectivity index (χ0v) is 28.6. The quantitative estimate of drug-likeness (QED) is 0.0656. The molecule has 10 heteroatoms. The second kappa shape index (κ2) is 13.4. The third-order valence-corrected chi connectivity index (χ3v) is 13.6. The highest BCUT2D eigenvalue weighted by atomic mass is 127. The summed E-state index contributed by atoms with van der Waals surface area (Å²) in [5, 5.41) is 3.24. The summed E-state index contributed by atoms with van der Waals surface area (Å²) in [6.07, 6.45) is 7.06. The molecule has 2 aromatic heterocycles. The first-order chi connectivity index (χ1) is 20.7. The van der Waals surface area contributed by atoms with Crippen molar-refractivity contribution in [2.24, 2.45) is 4.99 Å². The molecule has 5 rings (SSSR count). The van der Waals surface area contributed by atoms with Crippen LogP contribution in [-0.4, -0.2) is 73.6 Å². The molecule has 3 atom stereocenters. The van der Waals surface area contributed by atoms with Crippen LogP contribution in [0.25, 0.3) is 11.0 Å². The lowest BCUT2D eigenvalue weighted by atomic mass is 10.2. The van der Waals surface area contributed by atoms with Crippen LogP contribution in [0, 0.1) is 3.57 Å². The molecule has 43 heavy (non-hydrogen) atoms. The fourth-order valence-corrected chi connectivity index (χ4v) is 11.2. The van der Waals surface area contributed by atoms with E-state index in [0.717, 1.165) is 14.6 Å². The van der Waals surface area contributed by atoms with Crippen LogP contribution < -0.4 is 10.4 Å². The molecular weight excluding hydrogens is 669 g/mol. The first-order valence-corrected chi connectivity index (χ1v) is 17.5. The van der Waals surface area contributed by atoms with E-state index < -0.39 is 8.32 Å². The highest BCUT2D eigenvalue weighted by Crippen LogP contribution is 2.40. The average Bonchev–Trinajstić information content (AvgIpc) is 3.56. The van der Waals surface area contributed by atoms with Crippen molar-refractivity contribution in [3.63, 3.8) is 0 Å². The summed E-state index contributed by atoms with van der Waals surface area (Å²) in [4.78, 5) is 15.5. The number of aromatic nitrogens is 3. The Morgan fingerprint density at radius 1 is 1.09 bits per heavy atom. The number of rotatable bonds is 11. The Hall–Kier alpha value is -2.90. The highest BCUT2D eigenvalue weighted by molar-refractivity contribution is 14.1. The number of hydrogen-bond donors (Lipinski definition) is 0. The van der Waals surface area contributed by atoms with Crippen LogP contribution in [0.1, 0.15) is 33.4 Å². The van der Waals surface area contributed by atoms with Gasteiger partial charge in [-0.05, 0) is 38.0 Å². The Kier molecular flexibility index (Phi) is 9.82. The van der Waals surface area contributed by atoms with E-state index in [1.165, 1.54) is 10.4 Å². The third-order valence-electron chi connectivity index (χ3n) is 7.75. The molecule has 0 N–H and O–H groups in total. The van der Waals surface area contributed by atoms with Crippen LogP contribution in [0.15, 0.2) is 90.8 Å². The normalized spacial score (nSPS) is 19.3. The van der Waals surface area contributed by atoms with E-state index >= 15 is 0 Å². The predicted molar refractivity (Wildman–Crippen MR) is 184 cm³/mol. The van der Waals surface area contributed by atoms with E-state index in [0.29, 0.717) is 25.5 Å². The van der Waals surface area contributed by atoms with Crippen LogP contribution in [-0.2, 0) is 13.9 Å². The van der Waals surface area contributed by atoms with Crippen LogP contribution in [0.5, 0.6) is 0 Å². The van der Waals surface area contributed by atoms with Gasteiger partial charge in [0.1, 0.15) is 24.3 Å². The molecule has 1 saturated heterocycles. The van der Waals surface area contributed by atoms with Gasteiger partial charge in [-0.15, -0.1) is 6.58 Å². The topological polar surface area (TPSA) is 74.0 Å². The minimum absolute atomic E-state index is 0.141. The molecule has 0 amide bonds. The van der Waals surface area contributed by atoms with Gasteiger partial charge in [-0.2, -0.15) is 0 Å². The van der Waals surface area contributed by atoms with Crippen molar-refractivity contribution in [1.82, 2.24) is 19.4 Å². The molecule has 0 bridgehead atoms. The fourth-order valence-electron chi connectivity index (χ4n) is 5.87. The highest BCUT2D eigenvalue weighted by Gasteiger charge is 2.51. The summed E-state index contributed by atoms with van der Waals surface area (Å²) in [7, 11) is 1.12. The number of ether oxygens (including phenoxy) is 2. The maximum absolute atomic E-state index is 7.26. The minimum atomic E-state index is -2.75. The van der Waals surface area contributed by atoms with E-state index in [9.17, 15) is 0 Å². The molecule has 0 saturated carbocycles. The second-order valence-corrected chi connectivity index (χ2v) is 17.5. The summed E-state index contributed by atoms with van der Waals surface area (Å²) in [6.45, 7) is 11.6. The van der Waals surface area contributed by atoms with Crippen molar-refractivity contribution < 1.29 is 13.9 Å². The molecule has 2 aromatic carbocycles. The molecule has 1 aliphatic rings. The van der Waals surface area contributed by atoms with Gasteiger partial charge >= 0.3 is 0 Å². The Labute approximate surface area is 269 Å². The van der Waals surface area contributed by atoms with Gasteiger partial charge < -0.3 is 23.4 Å². The van der Waals surface area contributed by atoms with Crippen molar-refractivity contribution >= 4 is 64.5 Å². The van der Waals surface area contributed by atoms with Gasteiger partial charge in [0.15, 0.2) is 5.82 Å². The molecule has 0 radical (unpaired) electrons. The van der Waals surface area contributed by atoms with Gasteiger partial charge in [-0.25, -0.2) is 15.0 Å². The van der Waals surface area contributed by atoms with Gasteiger partial charge in [0.25, 0.3) is 8.32 Å². The van der Waals surface area contributed by atoms with E-state index in [-0.39, 0.29) is 23.5 Å². The average molecular weight is 710 g/mol. The fraction of sp³-hybridized carbons (Fsp3) is 0.364. The van der Waals surface area contributed by atoms with Crippen molar-refractivity contribution in [3.8, 4) is 0 Å². The first-order valence-electron chi connectivity index (χ1n) is 14.5. The minimum Gasteiger partial charge on any atom is -0.405 e. The zero-order chi connectivity index (χ0) is 30.6. The molecule has 3 heterocycles. The summed E-state index contributed by atoms with van der Waals surface area (Å²) in [5.41, 5.74) is 0.784. The van der Waals surface area contributed by atoms with Gasteiger partial charge in [-0.1, -0.05) is 87.5 Å². The third kappa shape index (κ3) is 6.48. The largest absolute Gasteiger partial charge is 0.405 e. The standard InChI is InChI=1S/C33H40IN5O3Si/c1-7-18-40-27-19-29(39-20-26(34)30-31(37-23-38(5)6)35-22-36-32(30)39)42-28(27)21-41-43(33(2,3)4,24-14-10-8-11-15-24)25-16-12-9-13-17-25/h7-17,20,22-23,27-29H,1,18-19,21H2,2-6H3/b37-23-. The number of halogens is 1. The van der Waals surface area contributed by atoms with Gasteiger partial charge in [0, 0.05) is 30.3 Å². The molecular formula is C33H40IN5O3Si. The van der Waals surface area contributed by atoms with Crippen LogP contribution in [0.4, 0.5) is 5.82 Å². The van der Waals surface area contributed by atoms with Crippen LogP contribution in [0.3, 0.4) is 0 Å². The molecule has 226 valence electrons. The number of fused-ring (bicyclic) bond motifs is 1. The van der Waals surface area contributed by atoms with Crippen molar-refractivity contribution in [1.29, 1.82) is 0 Å². The van der Waals surface area contributed by atoms with E-state index in [1.807, 2.05) is 19.0 Å². The van der Waals surface area contributed by atoms with Crippen molar-refractivity contribution in [2.45, 2.75) is 50.7 Å². The van der Waals surface area contributed by atoms with Crippen LogP contribution in [0.2, 0.25) is 5.04 Å². The maximum Gasteiger partial charge on any atom is 0.261 e. The molecule has 1 fully saturated rings. The Bertz CT molecular complexity index is 1520. The Balaban J connectivity index is 1.49. The zero-order valence-electron chi connectivity index (χ0n) is 25.5. The lowest BCUT2D eigenvalue weighted by Crippen LogP contribution is -2.67. The molecule has 3 unspecified atom stereocenters. The molecule has 0 spiro atoms. The lowest BCUT2D eigenvalue weighted by Gasteiger charge is -2.43. The predicted octanol–water partition coefficient (Wildman–Crippen LogP) is 5.69. The molecule has 8 nitrogen and oxygen atoms in total. The summed E-state index contributed by atoms with van der Waals surface area (Å²) in [6, 6.07) is 21.4. The number of benzene rings is 2. The van der Waals surface area contributed by atoms with Crippen molar-refractivity contribution in [2.75, 3.05) is 27.3 Å². The number of aliphatic imine (C=N–C) groups is 1. The smallest absolute Gasteiger partial charge is 0.261 e. The van der Waals surface area contributed by atoms with Gasteiger partial charge in [0.2, 0.25) is 0 Å². The molecule has 4 aromatic rings. The van der Waals surface area contributed by atoms with Crippen molar-refractivity contribution in [3.05, 3.63) is 89.4 Å². The lowest BCUT2D eigenvalue weighted by molar-refractivity contribution is -0.0529. The monoisotopic (exact) mass is 709 g/mol. The van der Waals surface area contributed by atoms with E-state index in [4.69, 9.17) is 13.9 Å². The maximum atomic E-state index is 7.26. The summed E-state index contributed by atoms with van der Waals surface area (Å²) < 4.78 is 23.4. The van der Waals surface area contributed by atoms with Gasteiger partial charge in [0.05, 0.1) is 31.0 Å². The summed E-state index contributed by atoms with van der Waals surface area (Å²) >= 11 is 2.32. The number of nitrogens with zero attached hydrogens (tertiary/aromatic N) is 5. The van der Waals surface area contributed by atoms with Gasteiger partial charge in [-0.3, -0.25) is 0 Å². The van der Waals surface area contributed by atoms with Crippen LogP contribution >= 0.6 is 22.6 Å². The van der Waals surface area contributed by atoms with E-state index in [2.05, 4.69) is 136 Å². The first kappa shape index (κ1) is 31.5. The summed E-state index contributed by atoms with van der Waals surface area (Å²) in [5.74, 6) is 0.630. The Morgan fingerprint density at radius 3 is 2.33 bits per heavy atom. The van der Waals surface area contributed by atoms with E-state index in [1.54, 1.807) is 18.7 Å². The second-order valence-electron chi connectivity index (χ2n) is 12.0. The number of hydrogen-bond acceptors (Lipinski definition) is 6. The molecule has 0 aliphatic carbocycles. The SMILES string of the molecule is C=CCOC1CC(n2cc(I)c3c(/N=C\N(C)C)ncnc32)OC1CO[Si](c1ccccc1)(c1ccccc1)C(C)(C)C. The Morgan fingerprint density at radius 2 is 1.74 bits per heavy atom. The molecule has 1 aliphatic heterocycles.